The number of amides is 1. The Morgan fingerprint density at radius 1 is 1.42 bits per heavy atom. The average Bonchev–Trinajstić information content (AvgIpc) is 2.31. The van der Waals surface area contributed by atoms with Gasteiger partial charge in [0.15, 0.2) is 9.84 Å². The Kier molecular flexibility index (Phi) is 4.77. The molecule has 0 atom stereocenters. The van der Waals surface area contributed by atoms with Crippen molar-refractivity contribution < 1.29 is 17.9 Å². The van der Waals surface area contributed by atoms with Crippen LogP contribution in [0.1, 0.15) is 13.8 Å². The van der Waals surface area contributed by atoms with Crippen LogP contribution in [0.25, 0.3) is 0 Å². The highest BCUT2D eigenvalue weighted by molar-refractivity contribution is 7.92. The van der Waals surface area contributed by atoms with E-state index >= 15 is 0 Å². The summed E-state index contributed by atoms with van der Waals surface area (Å²) in [5.41, 5.74) is 6.38. The number of carbonyl (C=O) groups is 1. The fourth-order valence-corrected chi connectivity index (χ4v) is 2.08. The third-order valence-corrected chi connectivity index (χ3v) is 4.69. The molecular weight excluding hydrogens is 268 g/mol. The van der Waals surface area contributed by atoms with Gasteiger partial charge in [-0.25, -0.2) is 8.42 Å². The Morgan fingerprint density at radius 2 is 2.05 bits per heavy atom. The second-order valence-electron chi connectivity index (χ2n) is 4.36. The molecule has 0 bridgehead atoms. The first-order valence-electron chi connectivity index (χ1n) is 5.71. The zero-order valence-electron chi connectivity index (χ0n) is 11.1. The number of methoxy groups -OCH3 is 1. The van der Waals surface area contributed by atoms with Crippen LogP contribution in [0.15, 0.2) is 18.2 Å². The first-order chi connectivity index (χ1) is 8.76. The average molecular weight is 286 g/mol. The standard InChI is InChI=1S/C12H18N2O4S/c1-8(2)19(16,17)7-12(15)14-11-6-9(18-3)4-5-10(11)13/h4-6,8H,7,13H2,1-3H3,(H,14,15). The highest BCUT2D eigenvalue weighted by Crippen LogP contribution is 2.24. The molecule has 0 aromatic heterocycles. The predicted molar refractivity (Wildman–Crippen MR) is 75.0 cm³/mol. The zero-order valence-corrected chi connectivity index (χ0v) is 12.0. The first-order valence-corrected chi connectivity index (χ1v) is 7.42. The summed E-state index contributed by atoms with van der Waals surface area (Å²) >= 11 is 0. The van der Waals surface area contributed by atoms with E-state index in [2.05, 4.69) is 5.32 Å². The quantitative estimate of drug-likeness (QED) is 0.788. The smallest absolute Gasteiger partial charge is 0.239 e. The number of sulfone groups is 1. The van der Waals surface area contributed by atoms with Crippen LogP contribution in [0.2, 0.25) is 0 Å². The summed E-state index contributed by atoms with van der Waals surface area (Å²) in [6.45, 7) is 3.06. The van der Waals surface area contributed by atoms with Crippen molar-refractivity contribution in [1.82, 2.24) is 0 Å². The van der Waals surface area contributed by atoms with Crippen LogP contribution in [0.3, 0.4) is 0 Å². The van der Waals surface area contributed by atoms with E-state index in [1.807, 2.05) is 0 Å². The van der Waals surface area contributed by atoms with E-state index in [4.69, 9.17) is 10.5 Å². The molecule has 0 aliphatic heterocycles. The number of ether oxygens (including phenoxy) is 1. The largest absolute Gasteiger partial charge is 0.497 e. The molecule has 0 fully saturated rings. The maximum absolute atomic E-state index is 11.7. The van der Waals surface area contributed by atoms with Gasteiger partial charge in [-0.3, -0.25) is 4.79 Å². The molecule has 1 aromatic carbocycles. The Hall–Kier alpha value is -1.76. The summed E-state index contributed by atoms with van der Waals surface area (Å²) in [5, 5.41) is 1.88. The summed E-state index contributed by atoms with van der Waals surface area (Å²) in [5.74, 6) is -0.661. The van der Waals surface area contributed by atoms with E-state index in [0.29, 0.717) is 17.1 Å². The lowest BCUT2D eigenvalue weighted by atomic mass is 10.2. The molecule has 1 amide bonds. The van der Waals surface area contributed by atoms with Crippen molar-refractivity contribution in [3.8, 4) is 5.75 Å². The van der Waals surface area contributed by atoms with Crippen LogP contribution in [-0.4, -0.2) is 32.4 Å². The number of nitrogens with two attached hydrogens (primary N) is 1. The van der Waals surface area contributed by atoms with E-state index in [1.165, 1.54) is 27.0 Å². The number of carbonyl (C=O) groups excluding carboxylic acids is 1. The van der Waals surface area contributed by atoms with Gasteiger partial charge >= 0.3 is 0 Å². The third kappa shape index (κ3) is 4.13. The number of nitrogens with one attached hydrogen (secondary N) is 1. The number of hydrogen-bond acceptors (Lipinski definition) is 5. The molecule has 0 unspecified atom stereocenters. The lowest BCUT2D eigenvalue weighted by Gasteiger charge is -2.11. The van der Waals surface area contributed by atoms with Crippen molar-refractivity contribution >= 4 is 27.1 Å². The Morgan fingerprint density at radius 3 is 2.58 bits per heavy atom. The van der Waals surface area contributed by atoms with Gasteiger partial charge in [-0.1, -0.05) is 0 Å². The minimum Gasteiger partial charge on any atom is -0.497 e. The van der Waals surface area contributed by atoms with Crippen LogP contribution in [0, 0.1) is 0 Å². The fraction of sp³-hybridized carbons (Fsp3) is 0.417. The second kappa shape index (κ2) is 5.92. The summed E-state index contributed by atoms with van der Waals surface area (Å²) in [6.07, 6.45) is 0. The van der Waals surface area contributed by atoms with Crippen molar-refractivity contribution in [3.05, 3.63) is 18.2 Å². The molecule has 0 aliphatic carbocycles. The molecule has 19 heavy (non-hydrogen) atoms. The maximum Gasteiger partial charge on any atom is 0.239 e. The Balaban J connectivity index is 2.83. The van der Waals surface area contributed by atoms with E-state index < -0.39 is 26.7 Å². The predicted octanol–water partition coefficient (Wildman–Crippen LogP) is 1.04. The molecule has 0 heterocycles. The molecule has 3 N–H and O–H groups in total. The number of hydrogen-bond donors (Lipinski definition) is 2. The molecule has 0 saturated heterocycles. The summed E-state index contributed by atoms with van der Waals surface area (Å²) in [7, 11) is -1.94. The number of rotatable bonds is 5. The molecule has 7 heteroatoms. The van der Waals surface area contributed by atoms with Gasteiger partial charge in [0.1, 0.15) is 11.5 Å². The van der Waals surface area contributed by atoms with E-state index in [9.17, 15) is 13.2 Å². The number of nitrogen functional groups attached to an aromatic ring is 1. The summed E-state index contributed by atoms with van der Waals surface area (Å²) in [4.78, 5) is 11.7. The van der Waals surface area contributed by atoms with E-state index in [0.717, 1.165) is 0 Å². The van der Waals surface area contributed by atoms with Gasteiger partial charge in [0, 0.05) is 6.07 Å². The minimum atomic E-state index is -3.43. The molecular formula is C12H18N2O4S. The normalized spacial score (nSPS) is 11.4. The van der Waals surface area contributed by atoms with Crippen LogP contribution in [-0.2, 0) is 14.6 Å². The molecule has 6 nitrogen and oxygen atoms in total. The van der Waals surface area contributed by atoms with Crippen molar-refractivity contribution in [2.45, 2.75) is 19.1 Å². The molecule has 0 radical (unpaired) electrons. The molecule has 106 valence electrons. The van der Waals surface area contributed by atoms with E-state index in [-0.39, 0.29) is 0 Å². The highest BCUT2D eigenvalue weighted by atomic mass is 32.2. The van der Waals surface area contributed by atoms with Crippen LogP contribution < -0.4 is 15.8 Å². The molecule has 0 spiro atoms. The van der Waals surface area contributed by atoms with Crippen molar-refractivity contribution in [1.29, 1.82) is 0 Å². The van der Waals surface area contributed by atoms with Crippen LogP contribution in [0.5, 0.6) is 5.75 Å². The molecule has 1 rings (SSSR count). The Labute approximate surface area is 112 Å². The van der Waals surface area contributed by atoms with Gasteiger partial charge in [-0.05, 0) is 26.0 Å². The van der Waals surface area contributed by atoms with Gasteiger partial charge in [0.2, 0.25) is 5.91 Å². The maximum atomic E-state index is 11.7. The van der Waals surface area contributed by atoms with E-state index in [1.54, 1.807) is 12.1 Å². The highest BCUT2D eigenvalue weighted by Gasteiger charge is 2.21. The minimum absolute atomic E-state index is 0.336. The SMILES string of the molecule is COc1ccc(N)c(NC(=O)CS(=O)(=O)C(C)C)c1. The van der Waals surface area contributed by atoms with Crippen molar-refractivity contribution in [2.24, 2.45) is 0 Å². The van der Waals surface area contributed by atoms with Crippen molar-refractivity contribution in [3.63, 3.8) is 0 Å². The van der Waals surface area contributed by atoms with Crippen LogP contribution in [0.4, 0.5) is 11.4 Å². The van der Waals surface area contributed by atoms with Gasteiger partial charge in [-0.15, -0.1) is 0 Å². The molecule has 0 aliphatic rings. The van der Waals surface area contributed by atoms with Crippen LogP contribution >= 0.6 is 0 Å². The third-order valence-electron chi connectivity index (χ3n) is 2.59. The lowest BCUT2D eigenvalue weighted by Crippen LogP contribution is -2.28. The second-order valence-corrected chi connectivity index (χ2v) is 6.91. The van der Waals surface area contributed by atoms with Gasteiger partial charge < -0.3 is 15.8 Å². The van der Waals surface area contributed by atoms with Gasteiger partial charge in [0.05, 0.1) is 23.7 Å². The molecule has 1 aromatic rings. The number of anilines is 2. The Bertz CT molecular complexity index is 567. The summed E-state index contributed by atoms with van der Waals surface area (Å²) in [6, 6.07) is 4.76. The monoisotopic (exact) mass is 286 g/mol. The van der Waals surface area contributed by atoms with Gasteiger partial charge in [0.25, 0.3) is 0 Å². The molecule has 0 saturated carbocycles. The van der Waals surface area contributed by atoms with Crippen molar-refractivity contribution in [2.75, 3.05) is 23.9 Å². The zero-order chi connectivity index (χ0) is 14.6. The topological polar surface area (TPSA) is 98.5 Å². The lowest BCUT2D eigenvalue weighted by molar-refractivity contribution is -0.113. The number of benzene rings is 1. The summed E-state index contributed by atoms with van der Waals surface area (Å²) < 4.78 is 28.2. The fourth-order valence-electron chi connectivity index (χ4n) is 1.31. The first kappa shape index (κ1) is 15.3. The van der Waals surface area contributed by atoms with Gasteiger partial charge in [-0.2, -0.15) is 0 Å².